The number of nitrogens with one attached hydrogen (secondary N) is 1. The minimum Gasteiger partial charge on any atom is -0.479 e. The molecular formula is C19H27NO8. The average Bonchev–Trinajstić information content (AvgIpc) is 2.66. The topological polar surface area (TPSA) is 113 Å². The normalized spacial score (nSPS) is 25.5. The lowest BCUT2D eigenvalue weighted by molar-refractivity contribution is -0.380. The van der Waals surface area contributed by atoms with Crippen molar-refractivity contribution in [2.75, 3.05) is 13.7 Å². The first-order valence-electron chi connectivity index (χ1n) is 9.00. The first-order chi connectivity index (χ1) is 13.3. The molecule has 9 nitrogen and oxygen atoms in total. The van der Waals surface area contributed by atoms with E-state index in [2.05, 4.69) is 5.32 Å². The van der Waals surface area contributed by atoms with Gasteiger partial charge in [-0.2, -0.15) is 0 Å². The summed E-state index contributed by atoms with van der Waals surface area (Å²) in [6, 6.07) is 8.74. The number of amides is 1. The van der Waals surface area contributed by atoms with Crippen molar-refractivity contribution in [3.8, 4) is 0 Å². The molecule has 0 aromatic heterocycles. The first-order valence-corrected chi connectivity index (χ1v) is 9.00. The lowest BCUT2D eigenvalue weighted by atomic mass is 10.00. The minimum atomic E-state index is -1.13. The molecule has 1 aliphatic heterocycles. The molecule has 3 unspecified atom stereocenters. The Morgan fingerprint density at radius 2 is 1.93 bits per heavy atom. The second kappa shape index (κ2) is 10.5. The number of hydrogen-bond donors (Lipinski definition) is 2. The highest BCUT2D eigenvalue weighted by Crippen LogP contribution is 2.31. The number of hydrogen-bond acceptors (Lipinski definition) is 7. The van der Waals surface area contributed by atoms with Crippen molar-refractivity contribution in [2.45, 2.75) is 57.5 Å². The fraction of sp³-hybridized carbons (Fsp3) is 0.579. The average molecular weight is 397 g/mol. The van der Waals surface area contributed by atoms with Crippen molar-refractivity contribution in [3.05, 3.63) is 35.9 Å². The molecule has 0 bridgehead atoms. The van der Waals surface area contributed by atoms with E-state index in [1.165, 1.54) is 21.0 Å². The molecule has 9 heteroatoms. The van der Waals surface area contributed by atoms with Crippen LogP contribution in [0.1, 0.15) is 32.6 Å². The zero-order chi connectivity index (χ0) is 20.7. The summed E-state index contributed by atoms with van der Waals surface area (Å²) in [5.41, 5.74) is 0.792. The van der Waals surface area contributed by atoms with Crippen LogP contribution in [0.3, 0.4) is 0 Å². The summed E-state index contributed by atoms with van der Waals surface area (Å²) in [6.45, 7) is 4.62. The molecule has 1 aromatic rings. The second-order valence-electron chi connectivity index (χ2n) is 6.55. The standard InChI is InChI=1S/C19H27NO8/c1-11(20-13(3)21)16(26-12(2)18(22)23)17-15(28-24-4)10-25-19(27-17)14-8-6-5-7-9-14/h5-9,11-12,15-17,19H,10H2,1-4H3,(H,20,21)(H,22,23)/t11-,12-,15?,16?,17-,19?/m1/s1. The number of ether oxygens (including phenoxy) is 3. The highest BCUT2D eigenvalue weighted by Gasteiger charge is 2.43. The fourth-order valence-corrected chi connectivity index (χ4v) is 3.00. The summed E-state index contributed by atoms with van der Waals surface area (Å²) in [6.07, 6.45) is -4.09. The summed E-state index contributed by atoms with van der Waals surface area (Å²) in [7, 11) is 1.35. The largest absolute Gasteiger partial charge is 0.479 e. The van der Waals surface area contributed by atoms with Gasteiger partial charge in [0.1, 0.15) is 18.3 Å². The molecule has 1 heterocycles. The van der Waals surface area contributed by atoms with Crippen LogP contribution in [-0.4, -0.2) is 61.2 Å². The summed E-state index contributed by atoms with van der Waals surface area (Å²) >= 11 is 0. The van der Waals surface area contributed by atoms with Crippen LogP contribution in [0.15, 0.2) is 30.3 Å². The molecule has 0 aliphatic carbocycles. The van der Waals surface area contributed by atoms with Gasteiger partial charge in [-0.05, 0) is 13.8 Å². The summed E-state index contributed by atoms with van der Waals surface area (Å²) < 4.78 is 17.6. The van der Waals surface area contributed by atoms with Crippen LogP contribution in [0.25, 0.3) is 0 Å². The van der Waals surface area contributed by atoms with Gasteiger partial charge in [-0.25, -0.2) is 14.6 Å². The monoisotopic (exact) mass is 397 g/mol. The number of aliphatic carboxylic acids is 1. The van der Waals surface area contributed by atoms with Gasteiger partial charge in [0.05, 0.1) is 19.8 Å². The third-order valence-electron chi connectivity index (χ3n) is 4.31. The molecule has 2 rings (SSSR count). The minimum absolute atomic E-state index is 0.131. The van der Waals surface area contributed by atoms with Gasteiger partial charge in [-0.1, -0.05) is 30.3 Å². The number of carbonyl (C=O) groups excluding carboxylic acids is 1. The molecule has 156 valence electrons. The number of benzene rings is 1. The van der Waals surface area contributed by atoms with E-state index >= 15 is 0 Å². The number of carbonyl (C=O) groups is 2. The molecule has 6 atom stereocenters. The van der Waals surface area contributed by atoms with Crippen molar-refractivity contribution in [2.24, 2.45) is 0 Å². The Balaban J connectivity index is 2.29. The number of carboxylic acids is 1. The third-order valence-corrected chi connectivity index (χ3v) is 4.31. The van der Waals surface area contributed by atoms with Crippen molar-refractivity contribution in [1.82, 2.24) is 5.32 Å². The van der Waals surface area contributed by atoms with Gasteiger partial charge in [0, 0.05) is 12.5 Å². The SMILES string of the molecule is COOC1COC(c2ccccc2)O[C@H]1C(O[C@H](C)C(=O)O)[C@@H](C)NC(C)=O. The van der Waals surface area contributed by atoms with E-state index in [-0.39, 0.29) is 12.5 Å². The zero-order valence-corrected chi connectivity index (χ0v) is 16.4. The Bertz CT molecular complexity index is 640. The van der Waals surface area contributed by atoms with E-state index in [0.717, 1.165) is 5.56 Å². The molecule has 1 fully saturated rings. The van der Waals surface area contributed by atoms with Gasteiger partial charge in [0.25, 0.3) is 0 Å². The van der Waals surface area contributed by atoms with E-state index in [1.807, 2.05) is 30.3 Å². The van der Waals surface area contributed by atoms with Crippen LogP contribution >= 0.6 is 0 Å². The summed E-state index contributed by atoms with van der Waals surface area (Å²) in [4.78, 5) is 32.9. The highest BCUT2D eigenvalue weighted by molar-refractivity contribution is 5.73. The van der Waals surface area contributed by atoms with Crippen LogP contribution in [0.2, 0.25) is 0 Å². The van der Waals surface area contributed by atoms with Gasteiger partial charge >= 0.3 is 5.97 Å². The third kappa shape index (κ3) is 5.98. The van der Waals surface area contributed by atoms with Crippen molar-refractivity contribution in [3.63, 3.8) is 0 Å². The Kier molecular flexibility index (Phi) is 8.34. The molecule has 1 aromatic carbocycles. The summed E-state index contributed by atoms with van der Waals surface area (Å²) in [5, 5.41) is 12.0. The van der Waals surface area contributed by atoms with Crippen LogP contribution in [0.4, 0.5) is 0 Å². The predicted molar refractivity (Wildman–Crippen MR) is 97.1 cm³/mol. The first kappa shape index (κ1) is 22.3. The molecule has 2 N–H and O–H groups in total. The van der Waals surface area contributed by atoms with Crippen molar-refractivity contribution in [1.29, 1.82) is 0 Å². The van der Waals surface area contributed by atoms with Crippen LogP contribution < -0.4 is 5.32 Å². The maximum absolute atomic E-state index is 11.5. The number of carboxylic acid groups (broad SMARTS) is 1. The van der Waals surface area contributed by atoms with E-state index in [4.69, 9.17) is 24.0 Å². The fourth-order valence-electron chi connectivity index (χ4n) is 3.00. The van der Waals surface area contributed by atoms with E-state index in [0.29, 0.717) is 0 Å². The lowest BCUT2D eigenvalue weighted by Gasteiger charge is -2.41. The Hall–Kier alpha value is -2.04. The smallest absolute Gasteiger partial charge is 0.332 e. The van der Waals surface area contributed by atoms with Crippen molar-refractivity contribution < 1.29 is 38.7 Å². The number of rotatable bonds is 9. The van der Waals surface area contributed by atoms with E-state index < -0.39 is 42.7 Å². The summed E-state index contributed by atoms with van der Waals surface area (Å²) in [5.74, 6) is -1.41. The van der Waals surface area contributed by atoms with Gasteiger partial charge in [-0.3, -0.25) is 4.79 Å². The van der Waals surface area contributed by atoms with Gasteiger partial charge in [0.15, 0.2) is 12.4 Å². The van der Waals surface area contributed by atoms with Crippen LogP contribution in [-0.2, 0) is 33.6 Å². The van der Waals surface area contributed by atoms with Gasteiger partial charge < -0.3 is 24.6 Å². The van der Waals surface area contributed by atoms with Gasteiger partial charge in [0.2, 0.25) is 5.91 Å². The highest BCUT2D eigenvalue weighted by atomic mass is 17.2. The molecular weight excluding hydrogens is 370 g/mol. The molecule has 1 saturated heterocycles. The second-order valence-corrected chi connectivity index (χ2v) is 6.55. The van der Waals surface area contributed by atoms with E-state index in [1.54, 1.807) is 6.92 Å². The maximum Gasteiger partial charge on any atom is 0.332 e. The Labute approximate surface area is 163 Å². The van der Waals surface area contributed by atoms with Crippen molar-refractivity contribution >= 4 is 11.9 Å². The maximum atomic E-state index is 11.5. The van der Waals surface area contributed by atoms with Crippen LogP contribution in [0, 0.1) is 0 Å². The molecule has 1 aliphatic rings. The molecule has 0 saturated carbocycles. The predicted octanol–water partition coefficient (Wildman–Crippen LogP) is 1.43. The van der Waals surface area contributed by atoms with E-state index in [9.17, 15) is 14.7 Å². The molecule has 0 radical (unpaired) electrons. The molecule has 28 heavy (non-hydrogen) atoms. The Morgan fingerprint density at radius 3 is 2.50 bits per heavy atom. The zero-order valence-electron chi connectivity index (χ0n) is 16.4. The molecule has 1 amide bonds. The van der Waals surface area contributed by atoms with Crippen LogP contribution in [0.5, 0.6) is 0 Å². The lowest BCUT2D eigenvalue weighted by Crippen LogP contribution is -2.57. The molecule has 0 spiro atoms. The quantitative estimate of drug-likeness (QED) is 0.475. The Morgan fingerprint density at radius 1 is 1.25 bits per heavy atom. The van der Waals surface area contributed by atoms with Gasteiger partial charge in [-0.15, -0.1) is 0 Å².